The molecule has 70 valence electrons. The van der Waals surface area contributed by atoms with Crippen LogP contribution in [0.15, 0.2) is 0 Å². The second kappa shape index (κ2) is 4.58. The van der Waals surface area contributed by atoms with Crippen molar-refractivity contribution in [1.82, 2.24) is 10.6 Å². The molecule has 2 N–H and O–H groups in total. The monoisotopic (exact) mass is 170 g/mol. The van der Waals surface area contributed by atoms with Gasteiger partial charge in [-0.25, -0.2) is 0 Å². The van der Waals surface area contributed by atoms with E-state index in [1.54, 1.807) is 0 Å². The second-order valence-corrected chi connectivity index (χ2v) is 3.62. The highest BCUT2D eigenvalue weighted by molar-refractivity contribution is 5.86. The Kier molecular flexibility index (Phi) is 3.69. The molecule has 1 unspecified atom stereocenters. The van der Waals surface area contributed by atoms with Crippen molar-refractivity contribution in [3.8, 4) is 0 Å². The van der Waals surface area contributed by atoms with Crippen LogP contribution < -0.4 is 10.6 Å². The lowest BCUT2D eigenvalue weighted by atomic mass is 10.1. The van der Waals surface area contributed by atoms with Gasteiger partial charge in [0.2, 0.25) is 0 Å². The van der Waals surface area contributed by atoms with Gasteiger partial charge in [0.05, 0.1) is 6.04 Å². The molecular formula is C9H18N2O. The summed E-state index contributed by atoms with van der Waals surface area (Å²) < 4.78 is 0. The molecule has 1 heterocycles. The fourth-order valence-electron chi connectivity index (χ4n) is 1.44. The average Bonchev–Trinajstić information content (AvgIpc) is 2.36. The molecule has 0 aliphatic carbocycles. The first-order valence-electron chi connectivity index (χ1n) is 4.69. The number of rotatable bonds is 4. The third-order valence-electron chi connectivity index (χ3n) is 2.14. The van der Waals surface area contributed by atoms with Gasteiger partial charge in [-0.15, -0.1) is 0 Å². The van der Waals surface area contributed by atoms with E-state index >= 15 is 0 Å². The van der Waals surface area contributed by atoms with E-state index < -0.39 is 0 Å². The predicted molar refractivity (Wildman–Crippen MR) is 49.2 cm³/mol. The van der Waals surface area contributed by atoms with Gasteiger partial charge in [-0.1, -0.05) is 13.8 Å². The van der Waals surface area contributed by atoms with Crippen molar-refractivity contribution >= 4 is 5.78 Å². The van der Waals surface area contributed by atoms with E-state index in [1.807, 2.05) is 0 Å². The number of hydrogen-bond acceptors (Lipinski definition) is 3. The predicted octanol–water partition coefficient (Wildman–Crippen LogP) is 0.305. The van der Waals surface area contributed by atoms with E-state index in [-0.39, 0.29) is 6.04 Å². The van der Waals surface area contributed by atoms with Crippen molar-refractivity contribution < 1.29 is 4.79 Å². The average molecular weight is 170 g/mol. The normalized spacial score (nSPS) is 23.9. The summed E-state index contributed by atoms with van der Waals surface area (Å²) in [6.45, 7) is 6.03. The zero-order valence-corrected chi connectivity index (χ0v) is 7.89. The van der Waals surface area contributed by atoms with Crippen molar-refractivity contribution in [2.45, 2.75) is 38.8 Å². The standard InChI is InChI=1S/C9H18N2O/c1-7(2)10-5-3-8-9(12)4-6-11-8/h7-8,10-11H,3-6H2,1-2H3. The minimum atomic E-state index is 0.122. The van der Waals surface area contributed by atoms with Crippen LogP contribution in [0.5, 0.6) is 0 Å². The van der Waals surface area contributed by atoms with Crippen molar-refractivity contribution in [2.75, 3.05) is 13.1 Å². The van der Waals surface area contributed by atoms with Crippen molar-refractivity contribution in [1.29, 1.82) is 0 Å². The van der Waals surface area contributed by atoms with Crippen molar-refractivity contribution in [3.63, 3.8) is 0 Å². The van der Waals surface area contributed by atoms with Crippen molar-refractivity contribution in [2.24, 2.45) is 0 Å². The molecule has 0 spiro atoms. The van der Waals surface area contributed by atoms with E-state index in [4.69, 9.17) is 0 Å². The van der Waals surface area contributed by atoms with Crippen LogP contribution in [-0.2, 0) is 4.79 Å². The molecule has 12 heavy (non-hydrogen) atoms. The summed E-state index contributed by atoms with van der Waals surface area (Å²) in [5.74, 6) is 0.376. The van der Waals surface area contributed by atoms with Crippen LogP contribution in [0.25, 0.3) is 0 Å². The summed E-state index contributed by atoms with van der Waals surface area (Å²) in [6, 6.07) is 0.637. The molecule has 3 heteroatoms. The minimum absolute atomic E-state index is 0.122. The first-order valence-corrected chi connectivity index (χ1v) is 4.69. The summed E-state index contributed by atoms with van der Waals surface area (Å²) in [5.41, 5.74) is 0. The van der Waals surface area contributed by atoms with Gasteiger partial charge in [-0.3, -0.25) is 4.79 Å². The third-order valence-corrected chi connectivity index (χ3v) is 2.14. The molecule has 3 nitrogen and oxygen atoms in total. The summed E-state index contributed by atoms with van der Waals surface area (Å²) in [4.78, 5) is 11.2. The lowest BCUT2D eigenvalue weighted by Crippen LogP contribution is -2.33. The second-order valence-electron chi connectivity index (χ2n) is 3.62. The number of hydrogen-bond donors (Lipinski definition) is 2. The smallest absolute Gasteiger partial charge is 0.151 e. The number of carbonyl (C=O) groups excluding carboxylic acids is 1. The largest absolute Gasteiger partial charge is 0.314 e. The quantitative estimate of drug-likeness (QED) is 0.638. The molecule has 1 saturated heterocycles. The van der Waals surface area contributed by atoms with Gasteiger partial charge in [0.25, 0.3) is 0 Å². The molecule has 1 aliphatic rings. The molecule has 0 bridgehead atoms. The summed E-state index contributed by atoms with van der Waals surface area (Å²) in [6.07, 6.45) is 1.64. The maximum Gasteiger partial charge on any atom is 0.151 e. The third kappa shape index (κ3) is 2.91. The highest BCUT2D eigenvalue weighted by Gasteiger charge is 2.22. The molecule has 0 radical (unpaired) electrons. The number of Topliss-reactive ketones (excluding diaryl/α,β-unsaturated/α-hetero) is 1. The van der Waals surface area contributed by atoms with E-state index in [0.717, 1.165) is 19.5 Å². The Morgan fingerprint density at radius 3 is 2.92 bits per heavy atom. The van der Waals surface area contributed by atoms with Crippen LogP contribution in [0.2, 0.25) is 0 Å². The molecule has 0 aromatic carbocycles. The SMILES string of the molecule is CC(C)NCCC1NCCC1=O. The van der Waals surface area contributed by atoms with E-state index in [1.165, 1.54) is 0 Å². The van der Waals surface area contributed by atoms with Gasteiger partial charge in [0, 0.05) is 19.0 Å². The molecule has 1 rings (SSSR count). The highest BCUT2D eigenvalue weighted by atomic mass is 16.1. The van der Waals surface area contributed by atoms with Crippen molar-refractivity contribution in [3.05, 3.63) is 0 Å². The zero-order valence-electron chi connectivity index (χ0n) is 7.89. The van der Waals surface area contributed by atoms with E-state index in [0.29, 0.717) is 18.2 Å². The van der Waals surface area contributed by atoms with Gasteiger partial charge in [0.15, 0.2) is 5.78 Å². The lowest BCUT2D eigenvalue weighted by molar-refractivity contribution is -0.118. The van der Waals surface area contributed by atoms with Crippen LogP contribution >= 0.6 is 0 Å². The summed E-state index contributed by atoms with van der Waals surface area (Å²) in [5, 5.41) is 6.49. The molecule has 1 aliphatic heterocycles. The number of carbonyl (C=O) groups is 1. The van der Waals surface area contributed by atoms with Gasteiger partial charge in [-0.05, 0) is 13.0 Å². The maximum atomic E-state index is 11.2. The van der Waals surface area contributed by atoms with Crippen LogP contribution in [0.4, 0.5) is 0 Å². The Morgan fingerprint density at radius 1 is 1.67 bits per heavy atom. The van der Waals surface area contributed by atoms with Crippen LogP contribution in [0.3, 0.4) is 0 Å². The van der Waals surface area contributed by atoms with Crippen LogP contribution in [0, 0.1) is 0 Å². The van der Waals surface area contributed by atoms with Crippen LogP contribution in [0.1, 0.15) is 26.7 Å². The first kappa shape index (κ1) is 9.68. The molecular weight excluding hydrogens is 152 g/mol. The maximum absolute atomic E-state index is 11.2. The van der Waals surface area contributed by atoms with Gasteiger partial charge in [-0.2, -0.15) is 0 Å². The van der Waals surface area contributed by atoms with Crippen LogP contribution in [-0.4, -0.2) is 31.0 Å². The number of nitrogens with one attached hydrogen (secondary N) is 2. The summed E-state index contributed by atoms with van der Waals surface area (Å²) >= 11 is 0. The van der Waals surface area contributed by atoms with Gasteiger partial charge in [0.1, 0.15) is 0 Å². The van der Waals surface area contributed by atoms with E-state index in [2.05, 4.69) is 24.5 Å². The van der Waals surface area contributed by atoms with Gasteiger partial charge >= 0.3 is 0 Å². The Balaban J connectivity index is 2.10. The number of ketones is 1. The Hall–Kier alpha value is -0.410. The highest BCUT2D eigenvalue weighted by Crippen LogP contribution is 2.03. The molecule has 0 saturated carbocycles. The lowest BCUT2D eigenvalue weighted by Gasteiger charge is -2.11. The Labute approximate surface area is 73.9 Å². The molecule has 1 atom stereocenters. The molecule has 0 aromatic rings. The van der Waals surface area contributed by atoms with E-state index in [9.17, 15) is 4.79 Å². The molecule has 0 amide bonds. The Bertz CT molecular complexity index is 157. The Morgan fingerprint density at radius 2 is 2.42 bits per heavy atom. The topological polar surface area (TPSA) is 41.1 Å². The fraction of sp³-hybridized carbons (Fsp3) is 0.889. The molecule has 1 fully saturated rings. The van der Waals surface area contributed by atoms with Gasteiger partial charge < -0.3 is 10.6 Å². The fourth-order valence-corrected chi connectivity index (χ4v) is 1.44. The minimum Gasteiger partial charge on any atom is -0.314 e. The zero-order chi connectivity index (χ0) is 8.97. The summed E-state index contributed by atoms with van der Waals surface area (Å²) in [7, 11) is 0. The molecule has 0 aromatic heterocycles. The first-order chi connectivity index (χ1) is 5.70.